The third-order valence-electron chi connectivity index (χ3n) is 2.41. The molecule has 0 amide bonds. The Hall–Kier alpha value is -0.520. The molecule has 0 aliphatic heterocycles. The van der Waals surface area contributed by atoms with Crippen molar-refractivity contribution in [1.29, 1.82) is 0 Å². The summed E-state index contributed by atoms with van der Waals surface area (Å²) in [5, 5.41) is 0. The van der Waals surface area contributed by atoms with Gasteiger partial charge in [0.25, 0.3) is 0 Å². The summed E-state index contributed by atoms with van der Waals surface area (Å²) in [5.74, 6) is 0.696. The molecule has 1 unspecified atom stereocenters. The lowest BCUT2D eigenvalue weighted by Gasteiger charge is -1.97. The molecule has 0 nitrogen and oxygen atoms in total. The van der Waals surface area contributed by atoms with Crippen LogP contribution in [-0.4, -0.2) is 0 Å². The number of hydrogen-bond acceptors (Lipinski definition) is 0. The predicted octanol–water partition coefficient (Wildman–Crippen LogP) is 3.70. The Bertz CT molecular complexity index is 184. The molecule has 1 aliphatic rings. The van der Waals surface area contributed by atoms with E-state index in [4.69, 9.17) is 0 Å². The molecule has 0 aromatic heterocycles. The van der Waals surface area contributed by atoms with Crippen molar-refractivity contribution in [3.63, 3.8) is 0 Å². The van der Waals surface area contributed by atoms with E-state index < -0.39 is 0 Å². The second-order valence-corrected chi connectivity index (χ2v) is 3.52. The van der Waals surface area contributed by atoms with Gasteiger partial charge in [-0.1, -0.05) is 43.6 Å². The molecule has 0 aromatic carbocycles. The van der Waals surface area contributed by atoms with E-state index in [1.807, 2.05) is 0 Å². The molecule has 0 bridgehead atoms. The van der Waals surface area contributed by atoms with Gasteiger partial charge in [0.1, 0.15) is 0 Å². The molecule has 0 heterocycles. The Labute approximate surface area is 70.0 Å². The van der Waals surface area contributed by atoms with Crippen LogP contribution in [0, 0.1) is 5.92 Å². The summed E-state index contributed by atoms with van der Waals surface area (Å²) in [7, 11) is 0. The number of unbranched alkanes of at least 4 members (excludes halogenated alkanes) is 1. The van der Waals surface area contributed by atoms with Crippen molar-refractivity contribution in [3.8, 4) is 0 Å². The minimum absolute atomic E-state index is 0.696. The first-order valence-electron chi connectivity index (χ1n) is 4.63. The lowest BCUT2D eigenvalue weighted by molar-refractivity contribution is 0.794. The summed E-state index contributed by atoms with van der Waals surface area (Å²) in [6.07, 6.45) is 8.66. The van der Waals surface area contributed by atoms with Gasteiger partial charge in [-0.15, -0.1) is 0 Å². The van der Waals surface area contributed by atoms with Crippen LogP contribution < -0.4 is 0 Å². The molecular formula is C11H18. The van der Waals surface area contributed by atoms with Crippen LogP contribution in [0.2, 0.25) is 0 Å². The highest BCUT2D eigenvalue weighted by Gasteiger charge is 2.09. The molecule has 0 spiro atoms. The van der Waals surface area contributed by atoms with Crippen LogP contribution in [0.4, 0.5) is 0 Å². The van der Waals surface area contributed by atoms with Crippen LogP contribution in [0.1, 0.15) is 40.0 Å². The summed E-state index contributed by atoms with van der Waals surface area (Å²) >= 11 is 0. The van der Waals surface area contributed by atoms with Gasteiger partial charge in [-0.25, -0.2) is 0 Å². The van der Waals surface area contributed by atoms with E-state index in [1.54, 1.807) is 5.57 Å². The molecule has 1 atom stereocenters. The molecule has 0 saturated carbocycles. The summed E-state index contributed by atoms with van der Waals surface area (Å²) in [6.45, 7) is 6.74. The molecule has 11 heavy (non-hydrogen) atoms. The number of hydrogen-bond donors (Lipinski definition) is 0. The molecule has 1 aliphatic carbocycles. The van der Waals surface area contributed by atoms with Crippen molar-refractivity contribution in [2.24, 2.45) is 5.92 Å². The first-order chi connectivity index (χ1) is 5.24. The molecule has 0 aromatic rings. The highest BCUT2D eigenvalue weighted by atomic mass is 14.1. The predicted molar refractivity (Wildman–Crippen MR) is 50.5 cm³/mol. The van der Waals surface area contributed by atoms with Crippen LogP contribution in [0.25, 0.3) is 0 Å². The van der Waals surface area contributed by atoms with E-state index in [9.17, 15) is 0 Å². The minimum Gasteiger partial charge on any atom is -0.0744 e. The van der Waals surface area contributed by atoms with Crippen molar-refractivity contribution >= 4 is 0 Å². The smallest absolute Gasteiger partial charge is 0.00454 e. The summed E-state index contributed by atoms with van der Waals surface area (Å²) in [5.41, 5.74) is 3.08. The Balaban J connectivity index is 2.43. The summed E-state index contributed by atoms with van der Waals surface area (Å²) in [4.78, 5) is 0. The Morgan fingerprint density at radius 1 is 1.45 bits per heavy atom. The lowest BCUT2D eigenvalue weighted by atomic mass is 10.1. The SMILES string of the molecule is CCCCC1=CC(C)C(C)=C1. The Morgan fingerprint density at radius 2 is 2.18 bits per heavy atom. The fraction of sp³-hybridized carbons (Fsp3) is 0.636. The average Bonchev–Trinajstić information content (AvgIpc) is 2.28. The zero-order valence-corrected chi connectivity index (χ0v) is 7.85. The van der Waals surface area contributed by atoms with E-state index in [-0.39, 0.29) is 0 Å². The van der Waals surface area contributed by atoms with Crippen LogP contribution in [0.5, 0.6) is 0 Å². The van der Waals surface area contributed by atoms with Gasteiger partial charge >= 0.3 is 0 Å². The summed E-state index contributed by atoms with van der Waals surface area (Å²) in [6, 6.07) is 0. The van der Waals surface area contributed by atoms with E-state index in [0.717, 1.165) is 0 Å². The fourth-order valence-electron chi connectivity index (χ4n) is 1.46. The average molecular weight is 150 g/mol. The minimum atomic E-state index is 0.696. The third kappa shape index (κ3) is 2.21. The van der Waals surface area contributed by atoms with Gasteiger partial charge in [-0.05, 0) is 25.7 Å². The largest absolute Gasteiger partial charge is 0.0744 e. The van der Waals surface area contributed by atoms with Crippen molar-refractivity contribution in [1.82, 2.24) is 0 Å². The van der Waals surface area contributed by atoms with E-state index in [1.165, 1.54) is 24.8 Å². The molecule has 0 N–H and O–H groups in total. The van der Waals surface area contributed by atoms with Crippen molar-refractivity contribution in [2.75, 3.05) is 0 Å². The molecule has 0 heteroatoms. The quantitative estimate of drug-likeness (QED) is 0.575. The molecule has 0 radical (unpaired) electrons. The van der Waals surface area contributed by atoms with Gasteiger partial charge in [-0.3, -0.25) is 0 Å². The van der Waals surface area contributed by atoms with Crippen LogP contribution in [-0.2, 0) is 0 Å². The van der Waals surface area contributed by atoms with E-state index >= 15 is 0 Å². The third-order valence-corrected chi connectivity index (χ3v) is 2.41. The first-order valence-corrected chi connectivity index (χ1v) is 4.63. The van der Waals surface area contributed by atoms with Gasteiger partial charge in [-0.2, -0.15) is 0 Å². The highest BCUT2D eigenvalue weighted by Crippen LogP contribution is 2.25. The Morgan fingerprint density at radius 3 is 2.64 bits per heavy atom. The molecule has 62 valence electrons. The molecule has 0 fully saturated rings. The van der Waals surface area contributed by atoms with Gasteiger partial charge in [0.15, 0.2) is 0 Å². The fourth-order valence-corrected chi connectivity index (χ4v) is 1.46. The standard InChI is InChI=1S/C11H18/c1-4-5-6-11-7-9(2)10(3)8-11/h7-9H,4-6H2,1-3H3. The van der Waals surface area contributed by atoms with Crippen molar-refractivity contribution in [3.05, 3.63) is 23.3 Å². The van der Waals surface area contributed by atoms with E-state index in [2.05, 4.69) is 32.9 Å². The normalized spacial score (nSPS) is 23.4. The first kappa shape index (κ1) is 8.58. The van der Waals surface area contributed by atoms with Gasteiger partial charge in [0.2, 0.25) is 0 Å². The zero-order valence-electron chi connectivity index (χ0n) is 7.85. The number of allylic oxidation sites excluding steroid dienone is 4. The van der Waals surface area contributed by atoms with Gasteiger partial charge in [0, 0.05) is 0 Å². The van der Waals surface area contributed by atoms with Crippen LogP contribution >= 0.6 is 0 Å². The second kappa shape index (κ2) is 3.75. The van der Waals surface area contributed by atoms with Crippen molar-refractivity contribution in [2.45, 2.75) is 40.0 Å². The molecule has 1 rings (SSSR count). The maximum absolute atomic E-state index is 2.39. The lowest BCUT2D eigenvalue weighted by Crippen LogP contribution is -1.83. The summed E-state index contributed by atoms with van der Waals surface area (Å²) < 4.78 is 0. The van der Waals surface area contributed by atoms with Gasteiger partial charge in [0.05, 0.1) is 0 Å². The maximum Gasteiger partial charge on any atom is -0.00454 e. The number of rotatable bonds is 3. The van der Waals surface area contributed by atoms with Gasteiger partial charge < -0.3 is 0 Å². The maximum atomic E-state index is 2.39. The van der Waals surface area contributed by atoms with E-state index in [0.29, 0.717) is 5.92 Å². The van der Waals surface area contributed by atoms with Crippen LogP contribution in [0.15, 0.2) is 23.3 Å². The highest BCUT2D eigenvalue weighted by molar-refractivity contribution is 5.33. The topological polar surface area (TPSA) is 0 Å². The monoisotopic (exact) mass is 150 g/mol. The Kier molecular flexibility index (Phi) is 2.92. The second-order valence-electron chi connectivity index (χ2n) is 3.52. The molecule has 0 saturated heterocycles. The van der Waals surface area contributed by atoms with Crippen LogP contribution in [0.3, 0.4) is 0 Å². The molecular weight excluding hydrogens is 132 g/mol. The van der Waals surface area contributed by atoms with Crippen molar-refractivity contribution < 1.29 is 0 Å². The zero-order chi connectivity index (χ0) is 8.27.